The maximum absolute atomic E-state index is 12.5. The lowest BCUT2D eigenvalue weighted by Gasteiger charge is -2.19. The SMILES string of the molecule is CCn1c(S[C@H](C)C(=O)NC2CCCCCC2)nnc1C1CC1. The van der Waals surface area contributed by atoms with Gasteiger partial charge in [0.25, 0.3) is 0 Å². The van der Waals surface area contributed by atoms with Gasteiger partial charge in [-0.15, -0.1) is 10.2 Å². The summed E-state index contributed by atoms with van der Waals surface area (Å²) in [5.74, 6) is 1.83. The van der Waals surface area contributed by atoms with E-state index in [9.17, 15) is 4.79 Å². The highest BCUT2D eigenvalue weighted by Gasteiger charge is 2.31. The van der Waals surface area contributed by atoms with Crippen molar-refractivity contribution < 1.29 is 4.79 Å². The van der Waals surface area contributed by atoms with E-state index in [1.165, 1.54) is 50.3 Å². The fraction of sp³-hybridized carbons (Fsp3) is 0.824. The highest BCUT2D eigenvalue weighted by molar-refractivity contribution is 8.00. The number of carbonyl (C=O) groups excluding carboxylic acids is 1. The van der Waals surface area contributed by atoms with Gasteiger partial charge in [0.2, 0.25) is 5.91 Å². The zero-order chi connectivity index (χ0) is 16.2. The standard InChI is InChI=1S/C17H28N4OS/c1-3-21-15(13-10-11-13)19-20-17(21)23-12(2)16(22)18-14-8-6-4-5-7-9-14/h12-14H,3-11H2,1-2H3,(H,18,22)/t12-/m1/s1. The molecule has 2 saturated carbocycles. The molecule has 1 aromatic rings. The Bertz CT molecular complexity index is 533. The van der Waals surface area contributed by atoms with Crippen LogP contribution in [0.5, 0.6) is 0 Å². The van der Waals surface area contributed by atoms with Gasteiger partial charge in [-0.05, 0) is 39.5 Å². The van der Waals surface area contributed by atoms with Gasteiger partial charge >= 0.3 is 0 Å². The quantitative estimate of drug-likeness (QED) is 0.638. The van der Waals surface area contributed by atoms with Crippen LogP contribution in [0, 0.1) is 0 Å². The largest absolute Gasteiger partial charge is 0.352 e. The Morgan fingerprint density at radius 1 is 1.22 bits per heavy atom. The first-order chi connectivity index (χ1) is 11.2. The van der Waals surface area contributed by atoms with Gasteiger partial charge in [-0.3, -0.25) is 4.79 Å². The average Bonchev–Trinajstić information content (AvgIpc) is 3.34. The number of rotatable bonds is 6. The maximum atomic E-state index is 12.5. The van der Waals surface area contributed by atoms with Gasteiger partial charge in [-0.1, -0.05) is 37.4 Å². The van der Waals surface area contributed by atoms with Gasteiger partial charge in [0.05, 0.1) is 5.25 Å². The minimum atomic E-state index is -0.125. The fourth-order valence-electron chi connectivity index (χ4n) is 3.28. The molecule has 0 saturated heterocycles. The first-order valence-corrected chi connectivity index (χ1v) is 9.97. The molecule has 3 rings (SSSR count). The van der Waals surface area contributed by atoms with Crippen LogP contribution in [0.25, 0.3) is 0 Å². The number of hydrogen-bond donors (Lipinski definition) is 1. The van der Waals surface area contributed by atoms with Crippen molar-refractivity contribution in [2.24, 2.45) is 0 Å². The molecule has 0 aliphatic heterocycles. The molecule has 1 atom stereocenters. The summed E-state index contributed by atoms with van der Waals surface area (Å²) < 4.78 is 2.18. The van der Waals surface area contributed by atoms with Crippen LogP contribution < -0.4 is 5.32 Å². The molecule has 2 aliphatic carbocycles. The van der Waals surface area contributed by atoms with E-state index in [0.717, 1.165) is 30.4 Å². The van der Waals surface area contributed by atoms with Crippen molar-refractivity contribution >= 4 is 17.7 Å². The van der Waals surface area contributed by atoms with Crippen LogP contribution in [-0.2, 0) is 11.3 Å². The normalized spacial score (nSPS) is 21.0. The predicted octanol–water partition coefficient (Wildman–Crippen LogP) is 3.50. The lowest BCUT2D eigenvalue weighted by molar-refractivity contribution is -0.121. The first kappa shape index (κ1) is 16.8. The van der Waals surface area contributed by atoms with Crippen molar-refractivity contribution in [3.05, 3.63) is 5.82 Å². The molecule has 128 valence electrons. The van der Waals surface area contributed by atoms with E-state index in [2.05, 4.69) is 27.0 Å². The van der Waals surface area contributed by atoms with Crippen LogP contribution in [-0.4, -0.2) is 32.0 Å². The van der Waals surface area contributed by atoms with Crippen molar-refractivity contribution in [3.63, 3.8) is 0 Å². The molecule has 23 heavy (non-hydrogen) atoms. The number of carbonyl (C=O) groups is 1. The van der Waals surface area contributed by atoms with Crippen molar-refractivity contribution in [2.75, 3.05) is 0 Å². The van der Waals surface area contributed by atoms with Crippen molar-refractivity contribution in [3.8, 4) is 0 Å². The molecule has 2 aliphatic rings. The number of hydrogen-bond acceptors (Lipinski definition) is 4. The molecule has 1 aromatic heterocycles. The summed E-state index contributed by atoms with van der Waals surface area (Å²) in [7, 11) is 0. The third-order valence-electron chi connectivity index (χ3n) is 4.86. The summed E-state index contributed by atoms with van der Waals surface area (Å²) in [6.45, 7) is 4.97. The second kappa shape index (κ2) is 7.69. The van der Waals surface area contributed by atoms with E-state index < -0.39 is 0 Å². The summed E-state index contributed by atoms with van der Waals surface area (Å²) in [6, 6.07) is 0.360. The average molecular weight is 337 g/mol. The molecule has 1 amide bonds. The summed E-state index contributed by atoms with van der Waals surface area (Å²) in [5, 5.41) is 12.7. The smallest absolute Gasteiger partial charge is 0.233 e. The van der Waals surface area contributed by atoms with Crippen molar-refractivity contribution in [2.45, 2.75) is 94.1 Å². The van der Waals surface area contributed by atoms with Gasteiger partial charge < -0.3 is 9.88 Å². The van der Waals surface area contributed by atoms with E-state index in [4.69, 9.17) is 0 Å². The third kappa shape index (κ3) is 4.28. The van der Waals surface area contributed by atoms with Crippen LogP contribution in [0.2, 0.25) is 0 Å². The van der Waals surface area contributed by atoms with Gasteiger partial charge in [0.1, 0.15) is 5.82 Å². The first-order valence-electron chi connectivity index (χ1n) is 9.09. The van der Waals surface area contributed by atoms with Gasteiger partial charge in [0, 0.05) is 18.5 Å². The Hall–Kier alpha value is -1.04. The van der Waals surface area contributed by atoms with E-state index >= 15 is 0 Å². The molecular formula is C17H28N4OS. The van der Waals surface area contributed by atoms with E-state index in [1.54, 1.807) is 0 Å². The molecule has 0 spiro atoms. The zero-order valence-corrected chi connectivity index (χ0v) is 15.1. The number of amides is 1. The molecule has 1 heterocycles. The van der Waals surface area contributed by atoms with Crippen LogP contribution in [0.15, 0.2) is 5.16 Å². The Kier molecular flexibility index (Phi) is 5.62. The lowest BCUT2D eigenvalue weighted by Crippen LogP contribution is -2.39. The van der Waals surface area contributed by atoms with Gasteiger partial charge in [-0.2, -0.15) is 0 Å². The van der Waals surface area contributed by atoms with E-state index in [1.807, 2.05) is 6.92 Å². The molecule has 0 aromatic carbocycles. The second-order valence-corrected chi connectivity index (χ2v) is 8.12. The van der Waals surface area contributed by atoms with Gasteiger partial charge in [0.15, 0.2) is 5.16 Å². The molecular weight excluding hydrogens is 308 g/mol. The predicted molar refractivity (Wildman–Crippen MR) is 92.6 cm³/mol. The molecule has 0 radical (unpaired) electrons. The molecule has 2 fully saturated rings. The molecule has 1 N–H and O–H groups in total. The maximum Gasteiger partial charge on any atom is 0.233 e. The minimum Gasteiger partial charge on any atom is -0.352 e. The topological polar surface area (TPSA) is 59.8 Å². The van der Waals surface area contributed by atoms with Crippen LogP contribution >= 0.6 is 11.8 Å². The Morgan fingerprint density at radius 2 is 1.91 bits per heavy atom. The van der Waals surface area contributed by atoms with Crippen LogP contribution in [0.1, 0.15) is 77.0 Å². The molecule has 6 heteroatoms. The van der Waals surface area contributed by atoms with E-state index in [0.29, 0.717) is 12.0 Å². The Balaban J connectivity index is 1.57. The van der Waals surface area contributed by atoms with E-state index in [-0.39, 0.29) is 11.2 Å². The summed E-state index contributed by atoms with van der Waals surface area (Å²) in [6.07, 6.45) is 9.78. The van der Waals surface area contributed by atoms with Crippen LogP contribution in [0.4, 0.5) is 0 Å². The van der Waals surface area contributed by atoms with Crippen molar-refractivity contribution in [1.82, 2.24) is 20.1 Å². The molecule has 0 bridgehead atoms. The summed E-state index contributed by atoms with van der Waals surface area (Å²) in [5.41, 5.74) is 0. The lowest BCUT2D eigenvalue weighted by atomic mass is 10.1. The Morgan fingerprint density at radius 3 is 2.52 bits per heavy atom. The minimum absolute atomic E-state index is 0.125. The highest BCUT2D eigenvalue weighted by Crippen LogP contribution is 2.40. The van der Waals surface area contributed by atoms with Crippen LogP contribution in [0.3, 0.4) is 0 Å². The summed E-state index contributed by atoms with van der Waals surface area (Å²) >= 11 is 1.54. The number of aromatic nitrogens is 3. The molecule has 5 nitrogen and oxygen atoms in total. The highest BCUT2D eigenvalue weighted by atomic mass is 32.2. The molecule has 0 unspecified atom stereocenters. The fourth-order valence-corrected chi connectivity index (χ4v) is 4.21. The Labute approximate surface area is 143 Å². The summed E-state index contributed by atoms with van der Waals surface area (Å²) in [4.78, 5) is 12.5. The number of nitrogens with zero attached hydrogens (tertiary/aromatic N) is 3. The third-order valence-corrected chi connectivity index (χ3v) is 5.94. The number of nitrogens with one attached hydrogen (secondary N) is 1. The zero-order valence-electron chi connectivity index (χ0n) is 14.3. The van der Waals surface area contributed by atoms with Gasteiger partial charge in [-0.25, -0.2) is 0 Å². The monoisotopic (exact) mass is 336 g/mol. The van der Waals surface area contributed by atoms with Crippen molar-refractivity contribution in [1.29, 1.82) is 0 Å². The second-order valence-electron chi connectivity index (χ2n) is 6.82. The number of thioether (sulfide) groups is 1.